The summed E-state index contributed by atoms with van der Waals surface area (Å²) >= 11 is 3.51. The molecule has 1 aliphatic heterocycles. The first kappa shape index (κ1) is 14.0. The zero-order valence-electron chi connectivity index (χ0n) is 10.2. The summed E-state index contributed by atoms with van der Waals surface area (Å²) in [6, 6.07) is 0. The molecule has 4 heteroatoms. The molecule has 1 unspecified atom stereocenters. The van der Waals surface area contributed by atoms with Crippen molar-refractivity contribution in [3.05, 3.63) is 0 Å². The van der Waals surface area contributed by atoms with E-state index in [1.54, 1.807) is 0 Å². The lowest BCUT2D eigenvalue weighted by Crippen LogP contribution is -2.53. The molecule has 0 aromatic heterocycles. The molecule has 0 aromatic rings. The van der Waals surface area contributed by atoms with E-state index in [1.165, 1.54) is 0 Å². The molecule has 1 N–H and O–H groups in total. The Kier molecular flexibility index (Phi) is 5.76. The number of carbonyl (C=O) groups is 1. The van der Waals surface area contributed by atoms with Crippen LogP contribution in [0.4, 0.5) is 0 Å². The SMILES string of the molecule is CCC(C)CC(=O)NC1(CBr)CCOCC1. The van der Waals surface area contributed by atoms with Crippen LogP contribution in [0.1, 0.15) is 39.5 Å². The number of hydrogen-bond donors (Lipinski definition) is 1. The Labute approximate surface area is 106 Å². The Balaban J connectivity index is 2.45. The highest BCUT2D eigenvalue weighted by Crippen LogP contribution is 2.23. The zero-order valence-corrected chi connectivity index (χ0v) is 11.8. The molecular formula is C12H22BrNO2. The van der Waals surface area contributed by atoms with Crippen LogP contribution in [0, 0.1) is 5.92 Å². The van der Waals surface area contributed by atoms with Gasteiger partial charge in [-0.1, -0.05) is 36.2 Å². The van der Waals surface area contributed by atoms with Crippen LogP contribution < -0.4 is 5.32 Å². The highest BCUT2D eigenvalue weighted by Gasteiger charge is 2.33. The van der Waals surface area contributed by atoms with Crippen LogP contribution >= 0.6 is 15.9 Å². The summed E-state index contributed by atoms with van der Waals surface area (Å²) in [4.78, 5) is 11.9. The van der Waals surface area contributed by atoms with Crippen LogP contribution in [0.5, 0.6) is 0 Å². The minimum absolute atomic E-state index is 0.0806. The van der Waals surface area contributed by atoms with E-state index in [-0.39, 0.29) is 11.4 Å². The van der Waals surface area contributed by atoms with Gasteiger partial charge in [-0.2, -0.15) is 0 Å². The highest BCUT2D eigenvalue weighted by atomic mass is 79.9. The number of nitrogens with one attached hydrogen (secondary N) is 1. The molecule has 1 rings (SSSR count). The largest absolute Gasteiger partial charge is 0.381 e. The number of hydrogen-bond acceptors (Lipinski definition) is 2. The lowest BCUT2D eigenvalue weighted by Gasteiger charge is -2.36. The third kappa shape index (κ3) is 4.06. The Bertz CT molecular complexity index is 227. The van der Waals surface area contributed by atoms with Gasteiger partial charge in [-0.15, -0.1) is 0 Å². The predicted molar refractivity (Wildman–Crippen MR) is 68.8 cm³/mol. The molecule has 0 radical (unpaired) electrons. The minimum Gasteiger partial charge on any atom is -0.381 e. The van der Waals surface area contributed by atoms with E-state index in [0.29, 0.717) is 12.3 Å². The van der Waals surface area contributed by atoms with E-state index in [0.717, 1.165) is 37.8 Å². The van der Waals surface area contributed by atoms with E-state index >= 15 is 0 Å². The van der Waals surface area contributed by atoms with Gasteiger partial charge in [0.05, 0.1) is 5.54 Å². The fraction of sp³-hybridized carbons (Fsp3) is 0.917. The number of ether oxygens (including phenoxy) is 1. The molecule has 0 spiro atoms. The number of halogens is 1. The quantitative estimate of drug-likeness (QED) is 0.791. The summed E-state index contributed by atoms with van der Waals surface area (Å²) < 4.78 is 5.34. The summed E-state index contributed by atoms with van der Waals surface area (Å²) in [6.07, 6.45) is 3.50. The lowest BCUT2D eigenvalue weighted by molar-refractivity contribution is -0.124. The number of rotatable bonds is 5. The van der Waals surface area contributed by atoms with Gasteiger partial charge in [0.25, 0.3) is 0 Å². The summed E-state index contributed by atoms with van der Waals surface area (Å²) in [6.45, 7) is 5.72. The number of alkyl halides is 1. The second-order valence-corrected chi connectivity index (χ2v) is 5.35. The maximum Gasteiger partial charge on any atom is 0.220 e. The maximum atomic E-state index is 11.9. The van der Waals surface area contributed by atoms with E-state index in [9.17, 15) is 4.79 Å². The van der Waals surface area contributed by atoms with Crippen LogP contribution in [-0.2, 0) is 9.53 Å². The summed E-state index contributed by atoms with van der Waals surface area (Å²) in [5, 5.41) is 4.00. The van der Waals surface area contributed by atoms with Crippen LogP contribution in [0.3, 0.4) is 0 Å². The van der Waals surface area contributed by atoms with Crippen molar-refractivity contribution >= 4 is 21.8 Å². The van der Waals surface area contributed by atoms with Gasteiger partial charge in [-0.25, -0.2) is 0 Å². The lowest BCUT2D eigenvalue weighted by atomic mass is 9.91. The molecule has 1 heterocycles. The predicted octanol–water partition coefficient (Wildman–Crippen LogP) is 2.48. The molecule has 0 aromatic carbocycles. The summed E-state index contributed by atoms with van der Waals surface area (Å²) in [5.41, 5.74) is -0.0806. The minimum atomic E-state index is -0.0806. The zero-order chi connectivity index (χ0) is 12.0. The van der Waals surface area contributed by atoms with Crippen molar-refractivity contribution in [1.29, 1.82) is 0 Å². The summed E-state index contributed by atoms with van der Waals surface area (Å²) in [7, 11) is 0. The van der Waals surface area contributed by atoms with E-state index in [2.05, 4.69) is 35.1 Å². The van der Waals surface area contributed by atoms with Crippen molar-refractivity contribution in [2.75, 3.05) is 18.5 Å². The molecule has 0 bridgehead atoms. The topological polar surface area (TPSA) is 38.3 Å². The normalized spacial score (nSPS) is 21.4. The molecule has 16 heavy (non-hydrogen) atoms. The van der Waals surface area contributed by atoms with Crippen LogP contribution in [0.2, 0.25) is 0 Å². The number of amides is 1. The monoisotopic (exact) mass is 291 g/mol. The van der Waals surface area contributed by atoms with Gasteiger partial charge in [-0.05, 0) is 18.8 Å². The average Bonchev–Trinajstić information content (AvgIpc) is 2.29. The fourth-order valence-corrected chi connectivity index (χ4v) is 2.56. The van der Waals surface area contributed by atoms with Gasteiger partial charge in [0, 0.05) is 25.0 Å². The molecule has 1 fully saturated rings. The van der Waals surface area contributed by atoms with Crippen molar-refractivity contribution in [2.24, 2.45) is 5.92 Å². The molecule has 3 nitrogen and oxygen atoms in total. The standard InChI is InChI=1S/C12H22BrNO2/c1-3-10(2)8-11(15)14-12(9-13)4-6-16-7-5-12/h10H,3-9H2,1-2H3,(H,14,15). The molecular weight excluding hydrogens is 270 g/mol. The summed E-state index contributed by atoms with van der Waals surface area (Å²) in [5.74, 6) is 0.642. The Morgan fingerprint density at radius 2 is 2.12 bits per heavy atom. The number of carbonyl (C=O) groups excluding carboxylic acids is 1. The van der Waals surface area contributed by atoms with E-state index < -0.39 is 0 Å². The third-order valence-electron chi connectivity index (χ3n) is 3.34. The maximum absolute atomic E-state index is 11.9. The van der Waals surface area contributed by atoms with Gasteiger partial charge < -0.3 is 10.1 Å². The molecule has 1 aliphatic rings. The molecule has 94 valence electrons. The van der Waals surface area contributed by atoms with Crippen molar-refractivity contribution in [3.63, 3.8) is 0 Å². The van der Waals surface area contributed by atoms with Crippen LogP contribution in [-0.4, -0.2) is 30.0 Å². The van der Waals surface area contributed by atoms with Crippen molar-refractivity contribution < 1.29 is 9.53 Å². The molecule has 1 amide bonds. The van der Waals surface area contributed by atoms with Gasteiger partial charge in [0.1, 0.15) is 0 Å². The second kappa shape index (κ2) is 6.60. The van der Waals surface area contributed by atoms with Gasteiger partial charge >= 0.3 is 0 Å². The fourth-order valence-electron chi connectivity index (χ4n) is 1.86. The Hall–Kier alpha value is -0.0900. The van der Waals surface area contributed by atoms with Crippen LogP contribution in [0.25, 0.3) is 0 Å². The average molecular weight is 292 g/mol. The Morgan fingerprint density at radius 3 is 2.62 bits per heavy atom. The highest BCUT2D eigenvalue weighted by molar-refractivity contribution is 9.09. The molecule has 1 atom stereocenters. The van der Waals surface area contributed by atoms with Crippen LogP contribution in [0.15, 0.2) is 0 Å². The first-order valence-electron chi connectivity index (χ1n) is 6.06. The smallest absolute Gasteiger partial charge is 0.220 e. The third-order valence-corrected chi connectivity index (χ3v) is 4.41. The molecule has 1 saturated heterocycles. The second-order valence-electron chi connectivity index (χ2n) is 4.79. The Morgan fingerprint density at radius 1 is 1.50 bits per heavy atom. The molecule has 0 saturated carbocycles. The van der Waals surface area contributed by atoms with E-state index in [1.807, 2.05) is 0 Å². The van der Waals surface area contributed by atoms with Crippen molar-refractivity contribution in [1.82, 2.24) is 5.32 Å². The van der Waals surface area contributed by atoms with Gasteiger partial charge in [-0.3, -0.25) is 4.79 Å². The molecule has 0 aliphatic carbocycles. The van der Waals surface area contributed by atoms with Crippen molar-refractivity contribution in [2.45, 2.75) is 45.1 Å². The first-order valence-corrected chi connectivity index (χ1v) is 7.19. The van der Waals surface area contributed by atoms with Gasteiger partial charge in [0.2, 0.25) is 5.91 Å². The van der Waals surface area contributed by atoms with E-state index in [4.69, 9.17) is 4.74 Å². The van der Waals surface area contributed by atoms with Crippen molar-refractivity contribution in [3.8, 4) is 0 Å². The first-order chi connectivity index (χ1) is 7.62. The van der Waals surface area contributed by atoms with Gasteiger partial charge in [0.15, 0.2) is 0 Å².